The van der Waals surface area contributed by atoms with E-state index in [1.807, 2.05) is 6.07 Å². The zero-order valence-electron chi connectivity index (χ0n) is 13.2. The lowest BCUT2D eigenvalue weighted by molar-refractivity contribution is 0.199. The average Bonchev–Trinajstić information content (AvgIpc) is 2.53. The minimum Gasteiger partial charge on any atom is -0.383 e. The molecule has 1 aromatic rings. The van der Waals surface area contributed by atoms with Gasteiger partial charge < -0.3 is 15.0 Å². The van der Waals surface area contributed by atoms with Crippen LogP contribution >= 0.6 is 11.6 Å². The van der Waals surface area contributed by atoms with Crippen LogP contribution in [-0.2, 0) is 11.3 Å². The van der Waals surface area contributed by atoms with E-state index in [0.717, 1.165) is 24.7 Å². The third kappa shape index (κ3) is 4.60. The standard InChI is InChI=1S/C17H27ClN2O/c1-20(14-7-4-3-5-8-14)17-10-6-9-16(18)15(17)13-19-11-12-21-2/h6,9-10,14,19H,3-5,7-8,11-13H2,1-2H3. The number of hydrogen-bond donors (Lipinski definition) is 1. The fourth-order valence-corrected chi connectivity index (χ4v) is 3.34. The molecule has 0 unspecified atom stereocenters. The van der Waals surface area contributed by atoms with Gasteiger partial charge in [-0.25, -0.2) is 0 Å². The first-order valence-electron chi connectivity index (χ1n) is 7.94. The van der Waals surface area contributed by atoms with Gasteiger partial charge in [0.25, 0.3) is 0 Å². The van der Waals surface area contributed by atoms with Gasteiger partial charge in [-0.3, -0.25) is 0 Å². The lowest BCUT2D eigenvalue weighted by Gasteiger charge is -2.34. The molecule has 1 aliphatic rings. The molecule has 118 valence electrons. The van der Waals surface area contributed by atoms with Gasteiger partial charge in [0.05, 0.1) is 6.61 Å². The second-order valence-electron chi connectivity index (χ2n) is 5.81. The van der Waals surface area contributed by atoms with Crippen LogP contribution < -0.4 is 10.2 Å². The van der Waals surface area contributed by atoms with Crippen LogP contribution in [0.4, 0.5) is 5.69 Å². The number of anilines is 1. The molecule has 1 aromatic carbocycles. The molecule has 1 aliphatic carbocycles. The van der Waals surface area contributed by atoms with Crippen molar-refractivity contribution in [2.24, 2.45) is 0 Å². The minimum atomic E-state index is 0.648. The van der Waals surface area contributed by atoms with Crippen molar-refractivity contribution in [2.75, 3.05) is 32.2 Å². The Balaban J connectivity index is 2.08. The fourth-order valence-electron chi connectivity index (χ4n) is 3.11. The first kappa shape index (κ1) is 16.6. The summed E-state index contributed by atoms with van der Waals surface area (Å²) in [6.45, 7) is 2.35. The molecule has 0 saturated heterocycles. The van der Waals surface area contributed by atoms with Crippen LogP contribution in [0.1, 0.15) is 37.7 Å². The van der Waals surface area contributed by atoms with Crippen LogP contribution in [0.3, 0.4) is 0 Å². The molecule has 0 bridgehead atoms. The van der Waals surface area contributed by atoms with Crippen LogP contribution in [0.2, 0.25) is 5.02 Å². The molecule has 0 radical (unpaired) electrons. The summed E-state index contributed by atoms with van der Waals surface area (Å²) in [7, 11) is 3.93. The van der Waals surface area contributed by atoms with E-state index in [2.05, 4.69) is 29.4 Å². The zero-order chi connectivity index (χ0) is 15.1. The van der Waals surface area contributed by atoms with E-state index in [4.69, 9.17) is 16.3 Å². The monoisotopic (exact) mass is 310 g/mol. The van der Waals surface area contributed by atoms with Crippen molar-refractivity contribution >= 4 is 17.3 Å². The Morgan fingerprint density at radius 1 is 1.29 bits per heavy atom. The second-order valence-corrected chi connectivity index (χ2v) is 6.22. The molecular weight excluding hydrogens is 284 g/mol. The fraction of sp³-hybridized carbons (Fsp3) is 0.647. The lowest BCUT2D eigenvalue weighted by Crippen LogP contribution is -2.34. The summed E-state index contributed by atoms with van der Waals surface area (Å²) in [5.74, 6) is 0. The van der Waals surface area contributed by atoms with Gasteiger partial charge in [0, 0.05) is 49.6 Å². The highest BCUT2D eigenvalue weighted by molar-refractivity contribution is 6.31. The van der Waals surface area contributed by atoms with Gasteiger partial charge in [-0.15, -0.1) is 0 Å². The number of hydrogen-bond acceptors (Lipinski definition) is 3. The summed E-state index contributed by atoms with van der Waals surface area (Å²) >= 11 is 6.43. The molecule has 1 N–H and O–H groups in total. The SMILES string of the molecule is COCCNCc1c(Cl)cccc1N(C)C1CCCCC1. The van der Waals surface area contributed by atoms with Crippen LogP contribution in [0.25, 0.3) is 0 Å². The maximum Gasteiger partial charge on any atom is 0.0587 e. The Bertz CT molecular complexity index is 433. The van der Waals surface area contributed by atoms with Crippen molar-refractivity contribution in [3.63, 3.8) is 0 Å². The van der Waals surface area contributed by atoms with Gasteiger partial charge in [-0.1, -0.05) is 36.9 Å². The van der Waals surface area contributed by atoms with Crippen LogP contribution in [0, 0.1) is 0 Å². The first-order chi connectivity index (χ1) is 10.2. The predicted molar refractivity (Wildman–Crippen MR) is 90.3 cm³/mol. The highest BCUT2D eigenvalue weighted by Crippen LogP contribution is 2.31. The normalized spacial score (nSPS) is 16.1. The van der Waals surface area contributed by atoms with Crippen molar-refractivity contribution in [1.29, 1.82) is 0 Å². The number of methoxy groups -OCH3 is 1. The van der Waals surface area contributed by atoms with Gasteiger partial charge >= 0.3 is 0 Å². The number of nitrogens with one attached hydrogen (secondary N) is 1. The van der Waals surface area contributed by atoms with E-state index < -0.39 is 0 Å². The first-order valence-corrected chi connectivity index (χ1v) is 8.31. The molecule has 3 nitrogen and oxygen atoms in total. The summed E-state index contributed by atoms with van der Waals surface area (Å²) in [4.78, 5) is 2.43. The quantitative estimate of drug-likeness (QED) is 0.774. The van der Waals surface area contributed by atoms with Crippen LogP contribution in [0.15, 0.2) is 18.2 Å². The number of rotatable bonds is 7. The highest BCUT2D eigenvalue weighted by atomic mass is 35.5. The summed E-state index contributed by atoms with van der Waals surface area (Å²) in [6.07, 6.45) is 6.65. The van der Waals surface area contributed by atoms with Crippen molar-refractivity contribution < 1.29 is 4.74 Å². The lowest BCUT2D eigenvalue weighted by atomic mass is 9.94. The molecular formula is C17H27ClN2O. The van der Waals surface area contributed by atoms with Crippen LogP contribution in [-0.4, -0.2) is 33.4 Å². The smallest absolute Gasteiger partial charge is 0.0587 e. The van der Waals surface area contributed by atoms with Crippen molar-refractivity contribution in [1.82, 2.24) is 5.32 Å². The van der Waals surface area contributed by atoms with Crippen molar-refractivity contribution in [3.8, 4) is 0 Å². The van der Waals surface area contributed by atoms with Crippen LogP contribution in [0.5, 0.6) is 0 Å². The third-order valence-corrected chi connectivity index (χ3v) is 4.74. The highest BCUT2D eigenvalue weighted by Gasteiger charge is 2.20. The van der Waals surface area contributed by atoms with Gasteiger partial charge in [0.1, 0.15) is 0 Å². The largest absolute Gasteiger partial charge is 0.383 e. The topological polar surface area (TPSA) is 24.5 Å². The van der Waals surface area contributed by atoms with Gasteiger partial charge in [-0.2, -0.15) is 0 Å². The van der Waals surface area contributed by atoms with E-state index in [1.165, 1.54) is 43.4 Å². The molecule has 0 spiro atoms. The Morgan fingerprint density at radius 2 is 2.05 bits per heavy atom. The molecule has 0 atom stereocenters. The second kappa shape index (κ2) is 8.62. The van der Waals surface area contributed by atoms with Gasteiger partial charge in [0.2, 0.25) is 0 Å². The number of halogens is 1. The Labute approximate surface area is 133 Å². The van der Waals surface area contributed by atoms with E-state index in [1.54, 1.807) is 7.11 Å². The van der Waals surface area contributed by atoms with E-state index in [9.17, 15) is 0 Å². The van der Waals surface area contributed by atoms with E-state index in [-0.39, 0.29) is 0 Å². The minimum absolute atomic E-state index is 0.648. The molecule has 0 amide bonds. The Hall–Kier alpha value is -0.770. The van der Waals surface area contributed by atoms with E-state index in [0.29, 0.717) is 6.04 Å². The molecule has 4 heteroatoms. The van der Waals surface area contributed by atoms with Gasteiger partial charge in [0.15, 0.2) is 0 Å². The molecule has 1 fully saturated rings. The molecule has 0 heterocycles. The van der Waals surface area contributed by atoms with Crippen molar-refractivity contribution in [2.45, 2.75) is 44.7 Å². The number of nitrogens with zero attached hydrogens (tertiary/aromatic N) is 1. The number of ether oxygens (including phenoxy) is 1. The Morgan fingerprint density at radius 3 is 2.76 bits per heavy atom. The molecule has 21 heavy (non-hydrogen) atoms. The summed E-state index contributed by atoms with van der Waals surface area (Å²) in [5, 5.41) is 4.25. The van der Waals surface area contributed by atoms with Gasteiger partial charge in [-0.05, 0) is 25.0 Å². The molecule has 2 rings (SSSR count). The van der Waals surface area contributed by atoms with E-state index >= 15 is 0 Å². The summed E-state index contributed by atoms with van der Waals surface area (Å²) < 4.78 is 5.08. The predicted octanol–water partition coefficient (Wildman–Crippen LogP) is 3.84. The average molecular weight is 311 g/mol. The maximum atomic E-state index is 6.43. The maximum absolute atomic E-state index is 6.43. The number of benzene rings is 1. The Kier molecular flexibility index (Phi) is 6.81. The molecule has 0 aliphatic heterocycles. The zero-order valence-corrected chi connectivity index (χ0v) is 14.0. The summed E-state index contributed by atoms with van der Waals surface area (Å²) in [6, 6.07) is 6.87. The van der Waals surface area contributed by atoms with Crippen molar-refractivity contribution in [3.05, 3.63) is 28.8 Å². The third-order valence-electron chi connectivity index (χ3n) is 4.38. The molecule has 1 saturated carbocycles. The molecule has 0 aromatic heterocycles. The summed E-state index contributed by atoms with van der Waals surface area (Å²) in [5.41, 5.74) is 2.46.